The molecule has 6 nitrogen and oxygen atoms in total. The van der Waals surface area contributed by atoms with Gasteiger partial charge in [-0.05, 0) is 18.6 Å². The van der Waals surface area contributed by atoms with Gasteiger partial charge in [0.15, 0.2) is 5.96 Å². The normalized spacial score (nSPS) is 12.2. The Hall–Kier alpha value is -2.10. The van der Waals surface area contributed by atoms with Crippen molar-refractivity contribution in [3.8, 4) is 11.3 Å². The van der Waals surface area contributed by atoms with Gasteiger partial charge in [0.2, 0.25) is 0 Å². The van der Waals surface area contributed by atoms with Crippen molar-refractivity contribution in [2.75, 3.05) is 20.1 Å². The lowest BCUT2D eigenvalue weighted by atomic mass is 10.1. The molecule has 1 unspecified atom stereocenters. The van der Waals surface area contributed by atoms with Gasteiger partial charge in [0.05, 0.1) is 25.0 Å². The third kappa shape index (κ3) is 6.45. The van der Waals surface area contributed by atoms with Gasteiger partial charge < -0.3 is 20.3 Å². The number of aliphatic imine (C=N–C) groups is 1. The van der Waals surface area contributed by atoms with Crippen molar-refractivity contribution < 1.29 is 5.11 Å². The number of guanidine groups is 1. The summed E-state index contributed by atoms with van der Waals surface area (Å²) in [6, 6.07) is 17.4. The number of aliphatic hydroxyl groups is 1. The first-order valence-corrected chi connectivity index (χ1v) is 9.97. The first-order chi connectivity index (χ1) is 14.1. The highest BCUT2D eigenvalue weighted by Gasteiger charge is 2.13. The zero-order valence-electron chi connectivity index (χ0n) is 17.0. The van der Waals surface area contributed by atoms with Crippen LogP contribution in [0.25, 0.3) is 11.3 Å². The van der Waals surface area contributed by atoms with Gasteiger partial charge in [-0.25, -0.2) is 4.98 Å². The molecule has 0 aliphatic rings. The fourth-order valence-corrected chi connectivity index (χ4v) is 3.25. The Morgan fingerprint density at radius 2 is 1.90 bits per heavy atom. The molecule has 0 fully saturated rings. The Balaban J connectivity index is 0.00000320. The molecule has 0 spiro atoms. The molecular formula is C22H27ClIN5O. The van der Waals surface area contributed by atoms with Gasteiger partial charge in [-0.3, -0.25) is 4.99 Å². The monoisotopic (exact) mass is 539 g/mol. The number of imidazole rings is 1. The molecule has 160 valence electrons. The second kappa shape index (κ2) is 11.9. The molecule has 0 amide bonds. The van der Waals surface area contributed by atoms with E-state index >= 15 is 0 Å². The highest BCUT2D eigenvalue weighted by atomic mass is 127. The van der Waals surface area contributed by atoms with Crippen LogP contribution < -0.4 is 5.32 Å². The van der Waals surface area contributed by atoms with Crippen LogP contribution in [0.3, 0.4) is 0 Å². The summed E-state index contributed by atoms with van der Waals surface area (Å²) in [5, 5.41) is 14.3. The van der Waals surface area contributed by atoms with Gasteiger partial charge in [0.1, 0.15) is 11.9 Å². The number of rotatable bonds is 7. The molecule has 3 N–H and O–H groups in total. The molecule has 1 aromatic heterocycles. The number of H-pyrrole nitrogens is 1. The quantitative estimate of drug-likeness (QED) is 0.235. The largest absolute Gasteiger partial charge is 0.386 e. The second-order valence-electron chi connectivity index (χ2n) is 6.70. The van der Waals surface area contributed by atoms with Gasteiger partial charge >= 0.3 is 0 Å². The summed E-state index contributed by atoms with van der Waals surface area (Å²) in [5.41, 5.74) is 2.75. The van der Waals surface area contributed by atoms with E-state index in [1.54, 1.807) is 6.07 Å². The van der Waals surface area contributed by atoms with Crippen LogP contribution in [0.4, 0.5) is 0 Å². The Kier molecular flexibility index (Phi) is 9.61. The average molecular weight is 540 g/mol. The van der Waals surface area contributed by atoms with Crippen molar-refractivity contribution in [3.63, 3.8) is 0 Å². The van der Waals surface area contributed by atoms with E-state index in [-0.39, 0.29) is 30.5 Å². The lowest BCUT2D eigenvalue weighted by Gasteiger charge is -2.21. The highest BCUT2D eigenvalue weighted by molar-refractivity contribution is 14.0. The van der Waals surface area contributed by atoms with E-state index in [2.05, 4.69) is 20.3 Å². The van der Waals surface area contributed by atoms with E-state index in [9.17, 15) is 5.11 Å². The summed E-state index contributed by atoms with van der Waals surface area (Å²) in [5.74, 6) is 1.53. The molecule has 1 atom stereocenters. The highest BCUT2D eigenvalue weighted by Crippen LogP contribution is 2.22. The van der Waals surface area contributed by atoms with Crippen LogP contribution >= 0.6 is 35.6 Å². The minimum Gasteiger partial charge on any atom is -0.386 e. The molecule has 0 aliphatic heterocycles. The number of aromatic nitrogens is 2. The molecule has 0 saturated heterocycles. The fourth-order valence-electron chi connectivity index (χ4n) is 2.99. The number of hydrogen-bond donors (Lipinski definition) is 3. The Labute approximate surface area is 199 Å². The Bertz CT molecular complexity index is 947. The van der Waals surface area contributed by atoms with Gasteiger partial charge in [-0.1, -0.05) is 60.1 Å². The summed E-state index contributed by atoms with van der Waals surface area (Å²) in [7, 11) is 1.94. The van der Waals surface area contributed by atoms with Crippen LogP contribution in [-0.2, 0) is 6.54 Å². The number of halogens is 2. The van der Waals surface area contributed by atoms with Gasteiger partial charge in [0.25, 0.3) is 0 Å². The van der Waals surface area contributed by atoms with Crippen LogP contribution in [0.15, 0.2) is 65.8 Å². The Morgan fingerprint density at radius 1 is 1.20 bits per heavy atom. The number of aromatic amines is 1. The predicted octanol–water partition coefficient (Wildman–Crippen LogP) is 4.48. The summed E-state index contributed by atoms with van der Waals surface area (Å²) in [6.45, 7) is 3.50. The zero-order valence-corrected chi connectivity index (χ0v) is 20.1. The van der Waals surface area contributed by atoms with Crippen molar-refractivity contribution in [3.05, 3.63) is 77.2 Å². The lowest BCUT2D eigenvalue weighted by Crippen LogP contribution is -2.39. The van der Waals surface area contributed by atoms with E-state index in [1.807, 2.05) is 73.6 Å². The van der Waals surface area contributed by atoms with Gasteiger partial charge in [-0.2, -0.15) is 0 Å². The molecule has 0 saturated carbocycles. The molecule has 2 aromatic carbocycles. The topological polar surface area (TPSA) is 76.5 Å². The molecule has 30 heavy (non-hydrogen) atoms. The molecule has 0 aliphatic carbocycles. The number of benzene rings is 2. The van der Waals surface area contributed by atoms with Crippen molar-refractivity contribution in [1.29, 1.82) is 0 Å². The molecule has 0 radical (unpaired) electrons. The summed E-state index contributed by atoms with van der Waals surface area (Å²) >= 11 is 6.17. The van der Waals surface area contributed by atoms with Crippen molar-refractivity contribution in [1.82, 2.24) is 20.2 Å². The van der Waals surface area contributed by atoms with Gasteiger partial charge in [0, 0.05) is 24.2 Å². The lowest BCUT2D eigenvalue weighted by molar-refractivity contribution is 0.186. The zero-order chi connectivity index (χ0) is 20.6. The Morgan fingerprint density at radius 3 is 2.60 bits per heavy atom. The average Bonchev–Trinajstić information content (AvgIpc) is 3.20. The predicted molar refractivity (Wildman–Crippen MR) is 133 cm³/mol. The number of nitrogens with zero attached hydrogens (tertiary/aromatic N) is 3. The van der Waals surface area contributed by atoms with Gasteiger partial charge in [-0.15, -0.1) is 24.0 Å². The third-order valence-electron chi connectivity index (χ3n) is 4.47. The summed E-state index contributed by atoms with van der Waals surface area (Å²) in [6.07, 6.45) is 1.07. The van der Waals surface area contributed by atoms with Crippen LogP contribution in [0.2, 0.25) is 5.02 Å². The summed E-state index contributed by atoms with van der Waals surface area (Å²) < 4.78 is 0. The molecule has 3 aromatic rings. The summed E-state index contributed by atoms with van der Waals surface area (Å²) in [4.78, 5) is 14.4. The van der Waals surface area contributed by atoms with Crippen molar-refractivity contribution >= 4 is 41.5 Å². The molecule has 8 heteroatoms. The fraction of sp³-hybridized carbons (Fsp3) is 0.273. The van der Waals surface area contributed by atoms with Crippen LogP contribution in [-0.4, -0.2) is 46.1 Å². The van der Waals surface area contributed by atoms with Crippen molar-refractivity contribution in [2.24, 2.45) is 4.99 Å². The van der Waals surface area contributed by atoms with E-state index in [4.69, 9.17) is 11.6 Å². The maximum absolute atomic E-state index is 10.5. The van der Waals surface area contributed by atoms with E-state index < -0.39 is 6.10 Å². The SMILES string of the molecule is CCNC(=NCC(O)c1ccccc1Cl)N(C)Cc1ncc(-c2ccccc2)[nH]1.I. The molecule has 0 bridgehead atoms. The van der Waals surface area contributed by atoms with E-state index in [0.717, 1.165) is 23.6 Å². The standard InChI is InChI=1S/C22H26ClN5O.HI/c1-3-24-22(26-14-20(29)17-11-7-8-12-18(17)23)28(2)15-21-25-13-19(27-21)16-9-5-4-6-10-16;/h4-13,20,29H,3,14-15H2,1-2H3,(H,24,26)(H,25,27);1H. The smallest absolute Gasteiger partial charge is 0.194 e. The van der Waals surface area contributed by atoms with Crippen LogP contribution in [0.5, 0.6) is 0 Å². The maximum Gasteiger partial charge on any atom is 0.194 e. The number of nitrogens with one attached hydrogen (secondary N) is 2. The van der Waals surface area contributed by atoms with Crippen molar-refractivity contribution in [2.45, 2.75) is 19.6 Å². The van der Waals surface area contributed by atoms with E-state index in [1.165, 1.54) is 0 Å². The first kappa shape index (κ1) is 24.2. The molecule has 3 rings (SSSR count). The minimum absolute atomic E-state index is 0. The second-order valence-corrected chi connectivity index (χ2v) is 7.10. The minimum atomic E-state index is -0.765. The molecular weight excluding hydrogens is 513 g/mol. The third-order valence-corrected chi connectivity index (χ3v) is 4.82. The maximum atomic E-state index is 10.5. The van der Waals surface area contributed by atoms with Crippen LogP contribution in [0.1, 0.15) is 24.4 Å². The van der Waals surface area contributed by atoms with E-state index in [0.29, 0.717) is 23.1 Å². The first-order valence-electron chi connectivity index (χ1n) is 9.59. The molecule has 1 heterocycles. The van der Waals surface area contributed by atoms with Crippen LogP contribution in [0, 0.1) is 0 Å². The number of hydrogen-bond acceptors (Lipinski definition) is 3. The number of aliphatic hydroxyl groups excluding tert-OH is 1.